The smallest absolute Gasteiger partial charge is 0.0951 e. The maximum absolute atomic E-state index is 6.15. The van der Waals surface area contributed by atoms with Gasteiger partial charge in [0.25, 0.3) is 0 Å². The van der Waals surface area contributed by atoms with E-state index in [-0.39, 0.29) is 6.04 Å². The van der Waals surface area contributed by atoms with Crippen LogP contribution in [0.3, 0.4) is 0 Å². The Labute approximate surface area is 114 Å². The van der Waals surface area contributed by atoms with E-state index >= 15 is 0 Å². The normalized spacial score (nSPS) is 16.7. The van der Waals surface area contributed by atoms with Crippen molar-refractivity contribution in [3.05, 3.63) is 42.2 Å². The van der Waals surface area contributed by atoms with Crippen molar-refractivity contribution >= 4 is 0 Å². The predicted molar refractivity (Wildman–Crippen MR) is 75.9 cm³/mol. The molecule has 0 aromatic carbocycles. The van der Waals surface area contributed by atoms with Gasteiger partial charge in [0.1, 0.15) is 0 Å². The third kappa shape index (κ3) is 2.73. The van der Waals surface area contributed by atoms with Gasteiger partial charge in [0.15, 0.2) is 0 Å². The zero-order valence-electron chi connectivity index (χ0n) is 11.5. The first-order valence-electron chi connectivity index (χ1n) is 7.20. The first kappa shape index (κ1) is 12.5. The van der Waals surface area contributed by atoms with E-state index in [1.165, 1.54) is 24.1 Å². The number of aromatic nitrogens is 3. The summed E-state index contributed by atoms with van der Waals surface area (Å²) in [5.41, 5.74) is 8.67. The van der Waals surface area contributed by atoms with E-state index < -0.39 is 0 Å². The van der Waals surface area contributed by atoms with Crippen LogP contribution in [-0.4, -0.2) is 14.1 Å². The molecule has 0 bridgehead atoms. The van der Waals surface area contributed by atoms with Crippen molar-refractivity contribution in [2.75, 3.05) is 0 Å². The highest BCUT2D eigenvalue weighted by Crippen LogP contribution is 2.35. The van der Waals surface area contributed by atoms with Crippen LogP contribution in [-0.2, 0) is 6.54 Å². The molecule has 102 valence electrons. The maximum atomic E-state index is 6.15. The van der Waals surface area contributed by atoms with Crippen LogP contribution >= 0.6 is 0 Å². The van der Waals surface area contributed by atoms with Gasteiger partial charge in [0.05, 0.1) is 18.6 Å². The molecule has 0 aliphatic heterocycles. The lowest BCUT2D eigenvalue weighted by atomic mass is 10.1. The molecule has 19 heavy (non-hydrogen) atoms. The molecule has 4 heteroatoms. The molecule has 1 aliphatic carbocycles. The Hall–Kier alpha value is -1.55. The van der Waals surface area contributed by atoms with Gasteiger partial charge in [-0.1, -0.05) is 13.3 Å². The number of nitrogens with zero attached hydrogens (tertiary/aromatic N) is 3. The van der Waals surface area contributed by atoms with Crippen LogP contribution in [0, 0.1) is 0 Å². The minimum Gasteiger partial charge on any atom is -0.348 e. The summed E-state index contributed by atoms with van der Waals surface area (Å²) in [4.78, 5) is 4.28. The van der Waals surface area contributed by atoms with Gasteiger partial charge in [-0.2, -0.15) is 0 Å². The van der Waals surface area contributed by atoms with Crippen LogP contribution in [0.5, 0.6) is 0 Å². The molecule has 1 saturated carbocycles. The molecule has 0 spiro atoms. The van der Waals surface area contributed by atoms with E-state index in [2.05, 4.69) is 39.5 Å². The first-order valence-corrected chi connectivity index (χ1v) is 7.20. The van der Waals surface area contributed by atoms with Gasteiger partial charge in [-0.3, -0.25) is 0 Å². The summed E-state index contributed by atoms with van der Waals surface area (Å²) in [6, 6.07) is 2.99. The zero-order valence-corrected chi connectivity index (χ0v) is 11.5. The summed E-state index contributed by atoms with van der Waals surface area (Å²) in [5.74, 6) is 0. The molecule has 4 nitrogen and oxygen atoms in total. The Morgan fingerprint density at radius 1 is 1.47 bits per heavy atom. The molecule has 0 saturated heterocycles. The number of rotatable bonds is 6. The highest BCUT2D eigenvalue weighted by molar-refractivity contribution is 5.16. The fourth-order valence-electron chi connectivity index (χ4n) is 2.58. The van der Waals surface area contributed by atoms with E-state index in [9.17, 15) is 0 Å². The Bertz CT molecular complexity index is 536. The highest BCUT2D eigenvalue weighted by Gasteiger charge is 2.25. The fourth-order valence-corrected chi connectivity index (χ4v) is 2.58. The van der Waals surface area contributed by atoms with Gasteiger partial charge >= 0.3 is 0 Å². The van der Waals surface area contributed by atoms with Gasteiger partial charge in [-0.15, -0.1) is 0 Å². The molecule has 2 aromatic heterocycles. The number of nitrogens with two attached hydrogens (primary N) is 1. The van der Waals surface area contributed by atoms with Crippen LogP contribution in [0.4, 0.5) is 0 Å². The third-order valence-corrected chi connectivity index (χ3v) is 3.83. The lowest BCUT2D eigenvalue weighted by Gasteiger charge is -2.09. The molecule has 1 unspecified atom stereocenters. The standard InChI is InChI=1S/C15H22N4/c1-2-3-15(16)12-6-7-18(9-12)10-14-8-17-11-19(14)13-4-5-13/h6-9,11,13,15H,2-5,10,16H2,1H3. The van der Waals surface area contributed by atoms with Gasteiger partial charge in [0.2, 0.25) is 0 Å². The molecular formula is C15H22N4. The molecule has 2 N–H and O–H groups in total. The Balaban J connectivity index is 1.71. The van der Waals surface area contributed by atoms with Gasteiger partial charge in [0, 0.05) is 30.7 Å². The van der Waals surface area contributed by atoms with Crippen molar-refractivity contribution in [2.24, 2.45) is 5.73 Å². The molecular weight excluding hydrogens is 236 g/mol. The second kappa shape index (κ2) is 5.21. The van der Waals surface area contributed by atoms with E-state index in [0.29, 0.717) is 6.04 Å². The average Bonchev–Trinajstić information content (AvgIpc) is 2.96. The van der Waals surface area contributed by atoms with Crippen LogP contribution in [0.15, 0.2) is 31.0 Å². The van der Waals surface area contributed by atoms with Gasteiger partial charge in [-0.25, -0.2) is 4.98 Å². The average molecular weight is 258 g/mol. The minimum absolute atomic E-state index is 0.166. The highest BCUT2D eigenvalue weighted by atomic mass is 15.1. The molecule has 1 fully saturated rings. The molecule has 3 rings (SSSR count). The van der Waals surface area contributed by atoms with Crippen LogP contribution in [0.2, 0.25) is 0 Å². The lowest BCUT2D eigenvalue weighted by molar-refractivity contribution is 0.630. The topological polar surface area (TPSA) is 48.8 Å². The SMILES string of the molecule is CCCC(N)c1ccn(Cc2cncn2C2CC2)c1. The van der Waals surface area contributed by atoms with Crippen molar-refractivity contribution < 1.29 is 0 Å². The summed E-state index contributed by atoms with van der Waals surface area (Å²) in [6.07, 6.45) is 13.0. The summed E-state index contributed by atoms with van der Waals surface area (Å²) in [5, 5.41) is 0. The Kier molecular flexibility index (Phi) is 3.42. The largest absolute Gasteiger partial charge is 0.348 e. The zero-order chi connectivity index (χ0) is 13.2. The molecule has 2 aromatic rings. The van der Waals surface area contributed by atoms with Crippen LogP contribution in [0.25, 0.3) is 0 Å². The maximum Gasteiger partial charge on any atom is 0.0951 e. The fraction of sp³-hybridized carbons (Fsp3) is 0.533. The third-order valence-electron chi connectivity index (χ3n) is 3.83. The number of hydrogen-bond donors (Lipinski definition) is 1. The Morgan fingerprint density at radius 3 is 3.05 bits per heavy atom. The van der Waals surface area contributed by atoms with Crippen molar-refractivity contribution in [3.8, 4) is 0 Å². The summed E-state index contributed by atoms with van der Waals surface area (Å²) in [6.45, 7) is 3.06. The second-order valence-electron chi connectivity index (χ2n) is 5.54. The van der Waals surface area contributed by atoms with Gasteiger partial charge < -0.3 is 14.9 Å². The van der Waals surface area contributed by atoms with Crippen molar-refractivity contribution in [2.45, 2.75) is 51.2 Å². The van der Waals surface area contributed by atoms with E-state index in [1.54, 1.807) is 0 Å². The summed E-state index contributed by atoms with van der Waals surface area (Å²) >= 11 is 0. The molecule has 0 amide bonds. The number of imidazole rings is 1. The molecule has 0 radical (unpaired) electrons. The second-order valence-corrected chi connectivity index (χ2v) is 5.54. The quantitative estimate of drug-likeness (QED) is 0.866. The number of hydrogen-bond acceptors (Lipinski definition) is 2. The van der Waals surface area contributed by atoms with Crippen molar-refractivity contribution in [1.29, 1.82) is 0 Å². The molecule has 1 aliphatic rings. The van der Waals surface area contributed by atoms with Crippen molar-refractivity contribution in [3.63, 3.8) is 0 Å². The predicted octanol–water partition coefficient (Wildman–Crippen LogP) is 2.87. The monoisotopic (exact) mass is 258 g/mol. The van der Waals surface area contributed by atoms with Crippen molar-refractivity contribution in [1.82, 2.24) is 14.1 Å². The summed E-state index contributed by atoms with van der Waals surface area (Å²) in [7, 11) is 0. The van der Waals surface area contributed by atoms with Crippen LogP contribution in [0.1, 0.15) is 55.9 Å². The van der Waals surface area contributed by atoms with Gasteiger partial charge in [-0.05, 0) is 30.9 Å². The van der Waals surface area contributed by atoms with E-state index in [4.69, 9.17) is 5.73 Å². The molecule has 1 atom stereocenters. The van der Waals surface area contributed by atoms with E-state index in [0.717, 1.165) is 19.4 Å². The lowest BCUT2D eigenvalue weighted by Crippen LogP contribution is -2.09. The Morgan fingerprint density at radius 2 is 2.32 bits per heavy atom. The van der Waals surface area contributed by atoms with E-state index in [1.807, 2.05) is 12.5 Å². The summed E-state index contributed by atoms with van der Waals surface area (Å²) < 4.78 is 4.52. The minimum atomic E-state index is 0.166. The first-order chi connectivity index (χ1) is 9.28. The molecule has 2 heterocycles. The van der Waals surface area contributed by atoms with Crippen LogP contribution < -0.4 is 5.73 Å².